The Bertz CT molecular complexity index is 1230. The van der Waals surface area contributed by atoms with E-state index in [1.165, 1.54) is 0 Å². The summed E-state index contributed by atoms with van der Waals surface area (Å²) in [5.41, 5.74) is -1.97. The number of ether oxygens (including phenoxy) is 2. The molecule has 0 amide bonds. The lowest BCUT2D eigenvalue weighted by Crippen LogP contribution is -2.48. The molecular formula is C26H20Cl2O4. The third-order valence-corrected chi connectivity index (χ3v) is 6.82. The Morgan fingerprint density at radius 2 is 0.969 bits per heavy atom. The molecule has 2 N–H and O–H groups in total. The zero-order valence-electron chi connectivity index (χ0n) is 17.4. The second-order valence-electron chi connectivity index (χ2n) is 7.82. The van der Waals surface area contributed by atoms with Gasteiger partial charge in [0.25, 0.3) is 0 Å². The van der Waals surface area contributed by atoms with E-state index in [1.807, 2.05) is 12.1 Å². The maximum atomic E-state index is 12.6. The van der Waals surface area contributed by atoms with Gasteiger partial charge in [-0.15, -0.1) is 0 Å². The van der Waals surface area contributed by atoms with Crippen LogP contribution >= 0.6 is 23.2 Å². The van der Waals surface area contributed by atoms with Crippen molar-refractivity contribution in [1.29, 1.82) is 0 Å². The minimum absolute atomic E-state index is 0.453. The molecule has 0 saturated heterocycles. The van der Waals surface area contributed by atoms with Crippen molar-refractivity contribution in [2.45, 2.75) is 11.2 Å². The van der Waals surface area contributed by atoms with E-state index in [1.54, 1.807) is 74.9 Å². The second-order valence-corrected chi connectivity index (χ2v) is 8.69. The third kappa shape index (κ3) is 2.64. The summed E-state index contributed by atoms with van der Waals surface area (Å²) in [6, 6.07) is 21.0. The van der Waals surface area contributed by atoms with Crippen LogP contribution in [-0.4, -0.2) is 24.4 Å². The SMILES string of the molecule is COc1ccc2ccc(OC)c3c2c1C(O)(c1ccc(Cl)cc1)C3(O)c1ccc(Cl)cc1. The molecule has 4 nitrogen and oxygen atoms in total. The Labute approximate surface area is 195 Å². The van der Waals surface area contributed by atoms with Gasteiger partial charge in [-0.05, 0) is 52.9 Å². The highest BCUT2D eigenvalue weighted by molar-refractivity contribution is 6.30. The smallest absolute Gasteiger partial charge is 0.156 e. The number of methoxy groups -OCH3 is 2. The molecule has 0 heterocycles. The lowest BCUT2D eigenvalue weighted by molar-refractivity contribution is -0.106. The highest BCUT2D eigenvalue weighted by atomic mass is 35.5. The van der Waals surface area contributed by atoms with Gasteiger partial charge in [0, 0.05) is 26.6 Å². The number of hydrogen-bond donors (Lipinski definition) is 2. The summed E-state index contributed by atoms with van der Waals surface area (Å²) < 4.78 is 11.4. The van der Waals surface area contributed by atoms with Crippen LogP contribution in [-0.2, 0) is 11.2 Å². The van der Waals surface area contributed by atoms with Gasteiger partial charge in [0.05, 0.1) is 14.2 Å². The first-order valence-corrected chi connectivity index (χ1v) is 10.8. The largest absolute Gasteiger partial charge is 0.496 e. The number of hydrogen-bond acceptors (Lipinski definition) is 4. The maximum Gasteiger partial charge on any atom is 0.156 e. The summed E-state index contributed by atoms with van der Waals surface area (Å²) in [7, 11) is 3.08. The van der Waals surface area contributed by atoms with Gasteiger partial charge in [-0.3, -0.25) is 0 Å². The molecule has 6 heteroatoms. The van der Waals surface area contributed by atoms with Gasteiger partial charge in [0.2, 0.25) is 0 Å². The van der Waals surface area contributed by atoms with Crippen LogP contribution in [0.1, 0.15) is 22.3 Å². The van der Waals surface area contributed by atoms with Crippen LogP contribution in [0.4, 0.5) is 0 Å². The number of rotatable bonds is 4. The Kier molecular flexibility index (Phi) is 4.88. The van der Waals surface area contributed by atoms with Crippen LogP contribution in [0.15, 0.2) is 72.8 Å². The highest BCUT2D eigenvalue weighted by Gasteiger charge is 2.62. The van der Waals surface area contributed by atoms with Crippen molar-refractivity contribution in [3.8, 4) is 11.5 Å². The van der Waals surface area contributed by atoms with Crippen LogP contribution < -0.4 is 9.47 Å². The van der Waals surface area contributed by atoms with Crippen molar-refractivity contribution in [2.24, 2.45) is 0 Å². The van der Waals surface area contributed by atoms with E-state index in [4.69, 9.17) is 32.7 Å². The van der Waals surface area contributed by atoms with E-state index in [9.17, 15) is 10.2 Å². The fourth-order valence-electron chi connectivity index (χ4n) is 4.89. The molecule has 0 spiro atoms. The summed E-state index contributed by atoms with van der Waals surface area (Å²) in [4.78, 5) is 0. The van der Waals surface area contributed by atoms with Crippen LogP contribution in [0.3, 0.4) is 0 Å². The monoisotopic (exact) mass is 466 g/mol. The standard InChI is InChI=1S/C26H20Cl2O4/c1-31-20-13-3-15-4-14-21(32-2)24-22(15)23(20)25(29,16-5-9-18(27)10-6-16)26(24,30)17-7-11-19(28)12-8-17/h3-14,29-30H,1-2H3. The summed E-state index contributed by atoms with van der Waals surface area (Å²) in [5.74, 6) is 0.906. The van der Waals surface area contributed by atoms with Crippen LogP contribution in [0.5, 0.6) is 11.5 Å². The minimum Gasteiger partial charge on any atom is -0.496 e. The molecule has 5 rings (SSSR count). The van der Waals surface area contributed by atoms with E-state index in [-0.39, 0.29) is 0 Å². The average Bonchev–Trinajstić information content (AvgIpc) is 3.03. The first-order chi connectivity index (χ1) is 15.4. The van der Waals surface area contributed by atoms with Gasteiger partial charge in [0.15, 0.2) is 11.2 Å². The molecule has 0 bridgehead atoms. The average molecular weight is 467 g/mol. The van der Waals surface area contributed by atoms with E-state index in [0.717, 1.165) is 5.39 Å². The summed E-state index contributed by atoms with van der Waals surface area (Å²) in [6.45, 7) is 0. The molecule has 2 atom stereocenters. The molecule has 4 aromatic rings. The van der Waals surface area contributed by atoms with Crippen molar-refractivity contribution in [1.82, 2.24) is 0 Å². The topological polar surface area (TPSA) is 58.9 Å². The lowest BCUT2D eigenvalue weighted by atomic mass is 9.71. The predicted molar refractivity (Wildman–Crippen MR) is 126 cm³/mol. The van der Waals surface area contributed by atoms with Gasteiger partial charge in [-0.25, -0.2) is 0 Å². The number of halogens is 2. The molecule has 0 aromatic heterocycles. The Morgan fingerprint density at radius 1 is 0.594 bits per heavy atom. The second kappa shape index (κ2) is 7.39. The molecule has 1 aliphatic carbocycles. The first kappa shape index (κ1) is 21.1. The van der Waals surface area contributed by atoms with Gasteiger partial charge in [-0.2, -0.15) is 0 Å². The molecule has 0 fully saturated rings. The quantitative estimate of drug-likeness (QED) is 0.407. The molecule has 162 valence electrons. The first-order valence-electron chi connectivity index (χ1n) is 10.0. The van der Waals surface area contributed by atoms with Gasteiger partial charge in [-0.1, -0.05) is 59.6 Å². The molecular weight excluding hydrogens is 447 g/mol. The lowest BCUT2D eigenvalue weighted by Gasteiger charge is -2.41. The van der Waals surface area contributed by atoms with Crippen molar-refractivity contribution >= 4 is 34.0 Å². The van der Waals surface area contributed by atoms with Gasteiger partial charge in [0.1, 0.15) is 11.5 Å². The zero-order valence-corrected chi connectivity index (χ0v) is 18.9. The molecule has 2 unspecified atom stereocenters. The molecule has 32 heavy (non-hydrogen) atoms. The Morgan fingerprint density at radius 3 is 1.31 bits per heavy atom. The number of aliphatic hydroxyl groups is 2. The van der Waals surface area contributed by atoms with E-state index in [0.29, 0.717) is 49.2 Å². The predicted octanol–water partition coefficient (Wildman–Crippen LogP) is 5.65. The van der Waals surface area contributed by atoms with Crippen LogP contribution in [0.2, 0.25) is 10.0 Å². The molecule has 0 saturated carbocycles. The van der Waals surface area contributed by atoms with Gasteiger partial charge >= 0.3 is 0 Å². The fraction of sp³-hybridized carbons (Fsp3) is 0.154. The Balaban J connectivity index is 1.99. The van der Waals surface area contributed by atoms with Crippen molar-refractivity contribution in [2.75, 3.05) is 14.2 Å². The van der Waals surface area contributed by atoms with Crippen molar-refractivity contribution in [3.05, 3.63) is 105 Å². The zero-order chi connectivity index (χ0) is 22.7. The molecule has 0 radical (unpaired) electrons. The van der Waals surface area contributed by atoms with Gasteiger partial charge < -0.3 is 19.7 Å². The third-order valence-electron chi connectivity index (χ3n) is 6.32. The summed E-state index contributed by atoms with van der Waals surface area (Å²) >= 11 is 12.3. The number of benzene rings is 4. The van der Waals surface area contributed by atoms with Crippen LogP contribution in [0, 0.1) is 0 Å². The molecule has 0 aliphatic heterocycles. The minimum atomic E-state index is -1.91. The fourth-order valence-corrected chi connectivity index (χ4v) is 5.14. The normalized spacial score (nSPS) is 21.7. The maximum absolute atomic E-state index is 12.6. The van der Waals surface area contributed by atoms with E-state index in [2.05, 4.69) is 0 Å². The molecule has 1 aliphatic rings. The van der Waals surface area contributed by atoms with E-state index >= 15 is 0 Å². The van der Waals surface area contributed by atoms with Crippen molar-refractivity contribution in [3.63, 3.8) is 0 Å². The van der Waals surface area contributed by atoms with Crippen LogP contribution in [0.25, 0.3) is 10.8 Å². The highest BCUT2D eigenvalue weighted by Crippen LogP contribution is 2.62. The summed E-state index contributed by atoms with van der Waals surface area (Å²) in [6.07, 6.45) is 0. The Hall–Kier alpha value is -2.76. The van der Waals surface area contributed by atoms with E-state index < -0.39 is 11.2 Å². The van der Waals surface area contributed by atoms with Crippen molar-refractivity contribution < 1.29 is 19.7 Å². The molecule has 4 aromatic carbocycles. The summed E-state index contributed by atoms with van der Waals surface area (Å²) in [5, 5.41) is 27.8.